The minimum absolute atomic E-state index is 0.275. The van der Waals surface area contributed by atoms with E-state index in [1.54, 1.807) is 12.3 Å². The van der Waals surface area contributed by atoms with Crippen molar-refractivity contribution in [2.45, 2.75) is 19.8 Å². The fourth-order valence-electron chi connectivity index (χ4n) is 1.69. The van der Waals surface area contributed by atoms with Gasteiger partial charge in [0.15, 0.2) is 0 Å². The van der Waals surface area contributed by atoms with Gasteiger partial charge >= 0.3 is 0 Å². The van der Waals surface area contributed by atoms with E-state index in [0.717, 1.165) is 5.56 Å². The lowest BCUT2D eigenvalue weighted by Crippen LogP contribution is -2.13. The van der Waals surface area contributed by atoms with Crippen molar-refractivity contribution in [2.24, 2.45) is 0 Å². The third-order valence-corrected chi connectivity index (χ3v) is 2.78. The number of halogens is 1. The number of aromatic nitrogens is 1. The molecule has 0 fully saturated rings. The van der Waals surface area contributed by atoms with E-state index in [1.807, 2.05) is 12.1 Å². The van der Waals surface area contributed by atoms with Gasteiger partial charge in [0.05, 0.1) is 0 Å². The second-order valence-corrected chi connectivity index (χ2v) is 4.59. The summed E-state index contributed by atoms with van der Waals surface area (Å²) in [6.45, 7) is 4.13. The number of nitrogens with zero attached hydrogens (tertiary/aromatic N) is 1. The molecule has 0 bridgehead atoms. The summed E-state index contributed by atoms with van der Waals surface area (Å²) >= 11 is 0. The number of hydrogen-bond acceptors (Lipinski definition) is 2. The van der Waals surface area contributed by atoms with Crippen LogP contribution in [-0.4, -0.2) is 10.9 Å². The monoisotopic (exact) mass is 258 g/mol. The highest BCUT2D eigenvalue weighted by atomic mass is 19.1. The summed E-state index contributed by atoms with van der Waals surface area (Å²) in [6, 6.07) is 9.29. The van der Waals surface area contributed by atoms with E-state index in [-0.39, 0.29) is 11.5 Å². The van der Waals surface area contributed by atoms with E-state index in [0.29, 0.717) is 11.7 Å². The third kappa shape index (κ3) is 3.37. The molecule has 0 saturated heterocycles. The van der Waals surface area contributed by atoms with Gasteiger partial charge in [-0.15, -0.1) is 0 Å². The lowest BCUT2D eigenvalue weighted by molar-refractivity contribution is 0.102. The topological polar surface area (TPSA) is 42.0 Å². The van der Waals surface area contributed by atoms with Crippen LogP contribution in [0.5, 0.6) is 0 Å². The molecule has 2 aromatic rings. The van der Waals surface area contributed by atoms with E-state index in [1.165, 1.54) is 18.2 Å². The fourth-order valence-corrected chi connectivity index (χ4v) is 1.69. The smallest absolute Gasteiger partial charge is 0.256 e. The van der Waals surface area contributed by atoms with Gasteiger partial charge in [0.2, 0.25) is 0 Å². The van der Waals surface area contributed by atoms with Gasteiger partial charge in [-0.3, -0.25) is 4.79 Å². The second kappa shape index (κ2) is 5.61. The van der Waals surface area contributed by atoms with Crippen LogP contribution in [0.2, 0.25) is 0 Å². The normalized spacial score (nSPS) is 10.5. The van der Waals surface area contributed by atoms with E-state index in [4.69, 9.17) is 0 Å². The molecule has 0 atom stereocenters. The maximum Gasteiger partial charge on any atom is 0.256 e. The zero-order chi connectivity index (χ0) is 13.8. The van der Waals surface area contributed by atoms with Crippen molar-refractivity contribution in [3.8, 4) is 0 Å². The van der Waals surface area contributed by atoms with Crippen molar-refractivity contribution in [1.82, 2.24) is 4.98 Å². The molecule has 2 rings (SSSR count). The Balaban J connectivity index is 2.17. The molecule has 1 heterocycles. The molecule has 3 nitrogen and oxygen atoms in total. The molecule has 1 amide bonds. The van der Waals surface area contributed by atoms with Crippen LogP contribution in [0.3, 0.4) is 0 Å². The molecular weight excluding hydrogens is 243 g/mol. The van der Waals surface area contributed by atoms with Crippen LogP contribution in [0, 0.1) is 5.82 Å². The van der Waals surface area contributed by atoms with Gasteiger partial charge in [0, 0.05) is 11.8 Å². The second-order valence-electron chi connectivity index (χ2n) is 4.59. The maximum atomic E-state index is 13.0. The Hall–Kier alpha value is -2.23. The first-order chi connectivity index (χ1) is 9.06. The lowest BCUT2D eigenvalue weighted by Gasteiger charge is -2.08. The van der Waals surface area contributed by atoms with Gasteiger partial charge in [0.25, 0.3) is 5.91 Å². The number of rotatable bonds is 3. The quantitative estimate of drug-likeness (QED) is 0.914. The fraction of sp³-hybridized carbons (Fsp3) is 0.200. The molecule has 0 saturated carbocycles. The van der Waals surface area contributed by atoms with Gasteiger partial charge < -0.3 is 5.32 Å². The molecular formula is C15H15FN2O. The van der Waals surface area contributed by atoms with Crippen LogP contribution in [0.15, 0.2) is 42.6 Å². The molecule has 0 aliphatic heterocycles. The summed E-state index contributed by atoms with van der Waals surface area (Å²) in [7, 11) is 0. The molecule has 98 valence electrons. The number of nitrogens with one attached hydrogen (secondary N) is 1. The lowest BCUT2D eigenvalue weighted by atomic mass is 10.1. The number of anilines is 1. The van der Waals surface area contributed by atoms with Crippen LogP contribution in [0.25, 0.3) is 0 Å². The van der Waals surface area contributed by atoms with Gasteiger partial charge in [-0.2, -0.15) is 0 Å². The van der Waals surface area contributed by atoms with E-state index < -0.39 is 5.82 Å². The Morgan fingerprint density at radius 3 is 2.74 bits per heavy atom. The predicted molar refractivity (Wildman–Crippen MR) is 72.7 cm³/mol. The Morgan fingerprint density at radius 1 is 1.26 bits per heavy atom. The maximum absolute atomic E-state index is 13.0. The molecule has 19 heavy (non-hydrogen) atoms. The summed E-state index contributed by atoms with van der Waals surface area (Å²) in [4.78, 5) is 16.0. The van der Waals surface area contributed by atoms with Crippen LogP contribution in [0.1, 0.15) is 35.7 Å². The Bertz CT molecular complexity index is 596. The number of carbonyl (C=O) groups is 1. The molecule has 1 N–H and O–H groups in total. The number of carbonyl (C=O) groups excluding carboxylic acids is 1. The van der Waals surface area contributed by atoms with Gasteiger partial charge in [-0.1, -0.05) is 19.9 Å². The molecule has 1 aromatic heterocycles. The van der Waals surface area contributed by atoms with Crippen LogP contribution in [0.4, 0.5) is 10.2 Å². The zero-order valence-electron chi connectivity index (χ0n) is 10.9. The molecule has 0 radical (unpaired) electrons. The van der Waals surface area contributed by atoms with Gasteiger partial charge in [-0.05, 0) is 41.8 Å². The average Bonchev–Trinajstić information content (AvgIpc) is 2.39. The minimum Gasteiger partial charge on any atom is -0.307 e. The molecule has 0 aliphatic carbocycles. The summed E-state index contributed by atoms with van der Waals surface area (Å²) in [5.74, 6) is 0.0257. The highest BCUT2D eigenvalue weighted by Gasteiger charge is 2.08. The van der Waals surface area contributed by atoms with Crippen LogP contribution in [-0.2, 0) is 0 Å². The highest BCUT2D eigenvalue weighted by molar-refractivity contribution is 6.03. The molecule has 0 aliphatic rings. The van der Waals surface area contributed by atoms with Crippen molar-refractivity contribution in [2.75, 3.05) is 5.32 Å². The largest absolute Gasteiger partial charge is 0.307 e. The predicted octanol–water partition coefficient (Wildman–Crippen LogP) is 3.60. The first-order valence-electron chi connectivity index (χ1n) is 6.09. The Morgan fingerprint density at radius 2 is 2.05 bits per heavy atom. The van der Waals surface area contributed by atoms with Crippen molar-refractivity contribution in [1.29, 1.82) is 0 Å². The van der Waals surface area contributed by atoms with E-state index in [9.17, 15) is 9.18 Å². The van der Waals surface area contributed by atoms with E-state index >= 15 is 0 Å². The summed E-state index contributed by atoms with van der Waals surface area (Å²) < 4.78 is 13.0. The standard InChI is InChI=1S/C15H15FN2O/c1-10(2)11-6-7-17-14(9-11)18-15(19)12-4-3-5-13(16)8-12/h3-10H,1-2H3,(H,17,18,19). The van der Waals surface area contributed by atoms with Gasteiger partial charge in [0.1, 0.15) is 11.6 Å². The Labute approximate surface area is 111 Å². The third-order valence-electron chi connectivity index (χ3n) is 2.78. The van der Waals surface area contributed by atoms with Crippen LogP contribution < -0.4 is 5.32 Å². The summed E-state index contributed by atoms with van der Waals surface area (Å²) in [6.07, 6.45) is 1.65. The van der Waals surface area contributed by atoms with E-state index in [2.05, 4.69) is 24.1 Å². The highest BCUT2D eigenvalue weighted by Crippen LogP contribution is 2.17. The molecule has 0 spiro atoms. The first-order valence-corrected chi connectivity index (χ1v) is 6.09. The molecule has 1 aromatic carbocycles. The van der Waals surface area contributed by atoms with Crippen LogP contribution >= 0.6 is 0 Å². The van der Waals surface area contributed by atoms with Crippen molar-refractivity contribution in [3.05, 3.63) is 59.5 Å². The summed E-state index contributed by atoms with van der Waals surface area (Å²) in [5.41, 5.74) is 1.36. The Kier molecular flexibility index (Phi) is 3.90. The van der Waals surface area contributed by atoms with Crippen molar-refractivity contribution in [3.63, 3.8) is 0 Å². The first kappa shape index (κ1) is 13.2. The average molecular weight is 258 g/mol. The van der Waals surface area contributed by atoms with Gasteiger partial charge in [-0.25, -0.2) is 9.37 Å². The van der Waals surface area contributed by atoms with Crippen molar-refractivity contribution >= 4 is 11.7 Å². The number of hydrogen-bond donors (Lipinski definition) is 1. The zero-order valence-corrected chi connectivity index (χ0v) is 10.9. The number of pyridine rings is 1. The minimum atomic E-state index is -0.434. The SMILES string of the molecule is CC(C)c1ccnc(NC(=O)c2cccc(F)c2)c1. The summed E-state index contributed by atoms with van der Waals surface area (Å²) in [5, 5.41) is 2.66. The molecule has 0 unspecified atom stereocenters. The van der Waals surface area contributed by atoms with Crippen molar-refractivity contribution < 1.29 is 9.18 Å². The number of benzene rings is 1. The number of amides is 1. The molecule has 4 heteroatoms.